The lowest BCUT2D eigenvalue weighted by molar-refractivity contribution is -0.117. The van der Waals surface area contributed by atoms with Crippen LogP contribution in [0.5, 0.6) is 5.75 Å². The third kappa shape index (κ3) is 5.80. The number of ether oxygens (including phenoxy) is 1. The molecule has 3 N–H and O–H groups in total. The molecule has 9 heteroatoms. The van der Waals surface area contributed by atoms with Crippen molar-refractivity contribution in [3.63, 3.8) is 0 Å². The van der Waals surface area contributed by atoms with E-state index in [2.05, 4.69) is 20.2 Å². The highest BCUT2D eigenvalue weighted by Crippen LogP contribution is 2.26. The topological polar surface area (TPSA) is 113 Å². The minimum atomic E-state index is -3.83. The first kappa shape index (κ1) is 21.3. The number of benzene rings is 1. The molecular formula is C20H28N4O4S. The summed E-state index contributed by atoms with van der Waals surface area (Å²) in [5.74, 6) is 1.13. The van der Waals surface area contributed by atoms with E-state index in [0.717, 1.165) is 12.1 Å². The normalized spacial score (nSPS) is 16.3. The highest BCUT2D eigenvalue weighted by Gasteiger charge is 2.23. The Morgan fingerprint density at radius 3 is 2.59 bits per heavy atom. The Balaban J connectivity index is 1.55. The van der Waals surface area contributed by atoms with Crippen molar-refractivity contribution in [2.45, 2.75) is 56.4 Å². The van der Waals surface area contributed by atoms with E-state index in [0.29, 0.717) is 17.5 Å². The molecule has 1 saturated carbocycles. The van der Waals surface area contributed by atoms with Crippen molar-refractivity contribution >= 4 is 21.7 Å². The number of carbonyl (C=O) groups excluding carboxylic acids is 1. The van der Waals surface area contributed by atoms with Crippen LogP contribution in [0.3, 0.4) is 0 Å². The molecule has 2 aromatic rings. The van der Waals surface area contributed by atoms with Crippen LogP contribution in [0.25, 0.3) is 0 Å². The zero-order valence-electron chi connectivity index (χ0n) is 16.8. The molecule has 1 aromatic heterocycles. The number of aromatic nitrogens is 2. The summed E-state index contributed by atoms with van der Waals surface area (Å²) >= 11 is 0. The summed E-state index contributed by atoms with van der Waals surface area (Å²) in [7, 11) is -2.33. The van der Waals surface area contributed by atoms with Gasteiger partial charge in [0.05, 0.1) is 18.0 Å². The fourth-order valence-corrected chi connectivity index (χ4v) is 4.78. The third-order valence-corrected chi connectivity index (χ3v) is 6.77. The van der Waals surface area contributed by atoms with E-state index in [1.165, 1.54) is 58.3 Å². The number of sulfonamides is 1. The van der Waals surface area contributed by atoms with Crippen molar-refractivity contribution in [2.75, 3.05) is 12.4 Å². The summed E-state index contributed by atoms with van der Waals surface area (Å²) in [6, 6.07) is 6.82. The van der Waals surface area contributed by atoms with E-state index in [-0.39, 0.29) is 4.90 Å². The third-order valence-electron chi connectivity index (χ3n) is 5.21. The van der Waals surface area contributed by atoms with Crippen LogP contribution in [0.2, 0.25) is 0 Å². The second-order valence-electron chi connectivity index (χ2n) is 7.49. The first-order valence-corrected chi connectivity index (χ1v) is 11.4. The fraction of sp³-hybridized carbons (Fsp3) is 0.500. The molecule has 1 amide bonds. The van der Waals surface area contributed by atoms with E-state index in [9.17, 15) is 13.2 Å². The van der Waals surface area contributed by atoms with Crippen molar-refractivity contribution in [1.82, 2.24) is 14.9 Å². The van der Waals surface area contributed by atoms with E-state index >= 15 is 0 Å². The van der Waals surface area contributed by atoms with Crippen LogP contribution in [0.4, 0.5) is 5.82 Å². The second kappa shape index (κ2) is 9.41. The molecule has 0 unspecified atom stereocenters. The Morgan fingerprint density at radius 1 is 1.24 bits per heavy atom. The van der Waals surface area contributed by atoms with Crippen molar-refractivity contribution < 1.29 is 17.9 Å². The van der Waals surface area contributed by atoms with E-state index in [1.807, 2.05) is 6.07 Å². The van der Waals surface area contributed by atoms with Crippen molar-refractivity contribution in [1.29, 1.82) is 0 Å². The fourth-order valence-electron chi connectivity index (χ4n) is 3.58. The number of rotatable bonds is 8. The summed E-state index contributed by atoms with van der Waals surface area (Å²) in [5, 5.41) is 9.76. The highest BCUT2D eigenvalue weighted by atomic mass is 32.2. The van der Waals surface area contributed by atoms with Gasteiger partial charge >= 0.3 is 0 Å². The van der Waals surface area contributed by atoms with Gasteiger partial charge in [-0.25, -0.2) is 8.42 Å². The number of anilines is 1. The molecule has 29 heavy (non-hydrogen) atoms. The van der Waals surface area contributed by atoms with Gasteiger partial charge in [0.1, 0.15) is 5.75 Å². The molecule has 1 aliphatic carbocycles. The molecule has 0 radical (unpaired) electrons. The summed E-state index contributed by atoms with van der Waals surface area (Å²) in [5.41, 5.74) is 0.985. The molecule has 158 valence electrons. The maximum atomic E-state index is 12.5. The predicted molar refractivity (Wildman–Crippen MR) is 110 cm³/mol. The van der Waals surface area contributed by atoms with Gasteiger partial charge in [0, 0.05) is 11.8 Å². The number of methoxy groups -OCH3 is 1. The van der Waals surface area contributed by atoms with Crippen LogP contribution in [0, 0.1) is 5.92 Å². The molecule has 0 spiro atoms. The van der Waals surface area contributed by atoms with Gasteiger partial charge < -0.3 is 10.1 Å². The number of hydrogen-bond donors (Lipinski definition) is 3. The van der Waals surface area contributed by atoms with Crippen LogP contribution in [-0.4, -0.2) is 37.7 Å². The Kier molecular flexibility index (Phi) is 6.92. The average Bonchev–Trinajstić information content (AvgIpc) is 3.15. The quantitative estimate of drug-likeness (QED) is 0.608. The van der Waals surface area contributed by atoms with Crippen LogP contribution in [-0.2, 0) is 21.2 Å². The largest absolute Gasteiger partial charge is 0.497 e. The molecule has 1 fully saturated rings. The van der Waals surface area contributed by atoms with Crippen LogP contribution >= 0.6 is 0 Å². The van der Waals surface area contributed by atoms with Crippen LogP contribution in [0.15, 0.2) is 35.2 Å². The van der Waals surface area contributed by atoms with Gasteiger partial charge in [-0.1, -0.05) is 32.1 Å². The van der Waals surface area contributed by atoms with Crippen LogP contribution in [0.1, 0.15) is 44.7 Å². The molecule has 3 rings (SSSR count). The lowest BCUT2D eigenvalue weighted by Gasteiger charge is -2.20. The maximum Gasteiger partial charge on any atom is 0.243 e. The SMILES string of the molecule is COc1ccc(S(=O)(=O)N[C@@H](C)C(=O)Nc2cc(CC3CCCCC3)[nH]n2)cc1. The number of amides is 1. The minimum absolute atomic E-state index is 0.0625. The smallest absolute Gasteiger partial charge is 0.243 e. The van der Waals surface area contributed by atoms with Crippen molar-refractivity contribution in [3.8, 4) is 5.75 Å². The van der Waals surface area contributed by atoms with Gasteiger partial charge in [-0.15, -0.1) is 0 Å². The van der Waals surface area contributed by atoms with E-state index in [1.54, 1.807) is 12.1 Å². The van der Waals surface area contributed by atoms with Gasteiger partial charge in [0.15, 0.2) is 5.82 Å². The lowest BCUT2D eigenvalue weighted by Crippen LogP contribution is -2.41. The summed E-state index contributed by atoms with van der Waals surface area (Å²) in [6.07, 6.45) is 7.23. The number of H-pyrrole nitrogens is 1. The van der Waals surface area contributed by atoms with Gasteiger partial charge in [-0.05, 0) is 43.5 Å². The number of hydrogen-bond acceptors (Lipinski definition) is 5. The highest BCUT2D eigenvalue weighted by molar-refractivity contribution is 7.89. The molecule has 0 bridgehead atoms. The molecule has 0 aliphatic heterocycles. The summed E-state index contributed by atoms with van der Waals surface area (Å²) in [6.45, 7) is 1.49. The Bertz CT molecular complexity index is 918. The van der Waals surface area contributed by atoms with E-state index < -0.39 is 22.0 Å². The summed E-state index contributed by atoms with van der Waals surface area (Å²) in [4.78, 5) is 12.5. The number of aromatic amines is 1. The lowest BCUT2D eigenvalue weighted by atomic mass is 9.86. The molecule has 0 saturated heterocycles. The molecular weight excluding hydrogens is 392 g/mol. The van der Waals surface area contributed by atoms with Gasteiger partial charge in [-0.2, -0.15) is 9.82 Å². The number of nitrogens with zero attached hydrogens (tertiary/aromatic N) is 1. The Morgan fingerprint density at radius 2 is 1.93 bits per heavy atom. The zero-order valence-corrected chi connectivity index (χ0v) is 17.6. The molecule has 1 heterocycles. The van der Waals surface area contributed by atoms with E-state index in [4.69, 9.17) is 4.74 Å². The molecule has 1 aromatic carbocycles. The van der Waals surface area contributed by atoms with Crippen LogP contribution < -0.4 is 14.8 Å². The Labute approximate surface area is 171 Å². The number of nitrogens with one attached hydrogen (secondary N) is 3. The van der Waals surface area contributed by atoms with Gasteiger partial charge in [-0.3, -0.25) is 9.89 Å². The van der Waals surface area contributed by atoms with Gasteiger partial charge in [0.25, 0.3) is 0 Å². The predicted octanol–water partition coefficient (Wildman–Crippen LogP) is 2.85. The van der Waals surface area contributed by atoms with Crippen molar-refractivity contribution in [3.05, 3.63) is 36.0 Å². The molecule has 1 atom stereocenters. The monoisotopic (exact) mass is 420 g/mol. The summed E-state index contributed by atoms with van der Waals surface area (Å²) < 4.78 is 32.4. The van der Waals surface area contributed by atoms with Gasteiger partial charge in [0.2, 0.25) is 15.9 Å². The standard InChI is InChI=1S/C20H28N4O4S/c1-14(24-29(26,27)18-10-8-17(28-2)9-11-18)20(25)21-19-13-16(22-23-19)12-15-6-4-3-5-7-15/h8-11,13-15,24H,3-7,12H2,1-2H3,(H2,21,22,23,25)/t14-/m0/s1. The molecule has 1 aliphatic rings. The maximum absolute atomic E-state index is 12.5. The first-order chi connectivity index (χ1) is 13.9. The number of carbonyl (C=O) groups is 1. The Hall–Kier alpha value is -2.39. The minimum Gasteiger partial charge on any atom is -0.497 e. The average molecular weight is 421 g/mol. The second-order valence-corrected chi connectivity index (χ2v) is 9.21. The molecule has 8 nitrogen and oxygen atoms in total. The zero-order chi connectivity index (χ0) is 20.9. The van der Waals surface area contributed by atoms with Crippen molar-refractivity contribution in [2.24, 2.45) is 5.92 Å². The first-order valence-electron chi connectivity index (χ1n) is 9.89.